The fourth-order valence-corrected chi connectivity index (χ4v) is 5.30. The fraction of sp³-hybridized carbons (Fsp3) is 0.667. The zero-order chi connectivity index (χ0) is 13.7. The van der Waals surface area contributed by atoms with E-state index in [0.29, 0.717) is 5.41 Å². The van der Waals surface area contributed by atoms with Gasteiger partial charge in [0.05, 0.1) is 7.11 Å². The molecule has 3 atom stereocenters. The van der Waals surface area contributed by atoms with Gasteiger partial charge in [-0.25, -0.2) is 0 Å². The van der Waals surface area contributed by atoms with Crippen molar-refractivity contribution in [2.45, 2.75) is 50.0 Å². The maximum atomic E-state index is 5.51. The molecule has 1 aliphatic heterocycles. The molecule has 0 unspecified atom stereocenters. The smallest absolute Gasteiger partial charge is 0.119 e. The van der Waals surface area contributed by atoms with Crippen LogP contribution in [0.5, 0.6) is 5.75 Å². The maximum Gasteiger partial charge on any atom is 0.119 e. The van der Waals surface area contributed by atoms with Crippen LogP contribution in [0.2, 0.25) is 0 Å². The molecule has 4 rings (SSSR count). The van der Waals surface area contributed by atoms with Gasteiger partial charge in [-0.2, -0.15) is 0 Å². The summed E-state index contributed by atoms with van der Waals surface area (Å²) in [6.07, 6.45) is 8.22. The molecule has 0 spiro atoms. The third kappa shape index (κ3) is 2.40. The van der Waals surface area contributed by atoms with Gasteiger partial charge in [0, 0.05) is 11.5 Å². The van der Waals surface area contributed by atoms with Gasteiger partial charge >= 0.3 is 0 Å². The number of ether oxygens (including phenoxy) is 1. The van der Waals surface area contributed by atoms with Gasteiger partial charge in [-0.05, 0) is 68.5 Å². The highest BCUT2D eigenvalue weighted by Crippen LogP contribution is 2.55. The Labute approximate surface area is 144 Å². The number of piperidine rings is 1. The topological polar surface area (TPSA) is 44.0 Å². The van der Waals surface area contributed by atoms with Crippen LogP contribution in [0.3, 0.4) is 0 Å². The quantitative estimate of drug-likeness (QED) is 0.762. The molecule has 2 bridgehead atoms. The molecular formula is C18H28BrNO2. The fourth-order valence-electron chi connectivity index (χ4n) is 5.30. The monoisotopic (exact) mass is 369 g/mol. The summed E-state index contributed by atoms with van der Waals surface area (Å²) < 4.78 is 5.51. The Hall–Kier alpha value is -0.580. The molecule has 1 heterocycles. The Morgan fingerprint density at radius 2 is 2.05 bits per heavy atom. The summed E-state index contributed by atoms with van der Waals surface area (Å²) in [6.45, 7) is 1.26. The summed E-state index contributed by atoms with van der Waals surface area (Å²) in [7, 11) is 4.12. The maximum absolute atomic E-state index is 5.51. The molecule has 124 valence electrons. The number of likely N-dealkylation sites (N-methyl/N-ethyl adjacent to an activating group) is 1. The van der Waals surface area contributed by atoms with Gasteiger partial charge < -0.3 is 15.1 Å². The van der Waals surface area contributed by atoms with Crippen molar-refractivity contribution in [3.63, 3.8) is 0 Å². The van der Waals surface area contributed by atoms with Gasteiger partial charge in [-0.15, -0.1) is 17.0 Å². The summed E-state index contributed by atoms with van der Waals surface area (Å²) >= 11 is 0. The summed E-state index contributed by atoms with van der Waals surface area (Å²) in [6, 6.07) is 7.60. The third-order valence-corrected chi connectivity index (χ3v) is 6.32. The molecule has 2 N–H and O–H groups in total. The van der Waals surface area contributed by atoms with Crippen LogP contribution in [-0.2, 0) is 11.8 Å². The number of methoxy groups -OCH3 is 1. The highest BCUT2D eigenvalue weighted by atomic mass is 79.9. The van der Waals surface area contributed by atoms with Crippen LogP contribution in [0.15, 0.2) is 18.2 Å². The molecule has 22 heavy (non-hydrogen) atoms. The van der Waals surface area contributed by atoms with Crippen LogP contribution in [0, 0.1) is 5.92 Å². The van der Waals surface area contributed by atoms with E-state index in [4.69, 9.17) is 4.74 Å². The lowest BCUT2D eigenvalue weighted by Gasteiger charge is -2.58. The molecule has 1 aromatic carbocycles. The van der Waals surface area contributed by atoms with Gasteiger partial charge in [0.25, 0.3) is 0 Å². The summed E-state index contributed by atoms with van der Waals surface area (Å²) in [4.78, 5) is 2.63. The standard InChI is InChI=1S/C18H25NO.BrH.H2O/c1-19-10-9-18-8-4-3-5-15(18)17(19)11-13-6-7-14(20-2)12-16(13)18;;/h6-7,12,15,17H,3-5,8-11H2,1-2H3;1H;1H2/t15-,17+,18+;;/m0../s1. The van der Waals surface area contributed by atoms with Crippen molar-refractivity contribution in [3.8, 4) is 5.75 Å². The molecule has 1 saturated carbocycles. The van der Waals surface area contributed by atoms with Crippen LogP contribution >= 0.6 is 17.0 Å². The molecular weight excluding hydrogens is 342 g/mol. The predicted octanol–water partition coefficient (Wildman–Crippen LogP) is 3.14. The average Bonchev–Trinajstić information content (AvgIpc) is 2.50. The average molecular weight is 370 g/mol. The Bertz CT molecular complexity index is 536. The van der Waals surface area contributed by atoms with Crippen molar-refractivity contribution in [1.82, 2.24) is 4.90 Å². The first-order valence-electron chi connectivity index (χ1n) is 8.12. The predicted molar refractivity (Wildman–Crippen MR) is 95.3 cm³/mol. The Morgan fingerprint density at radius 3 is 2.82 bits per heavy atom. The number of nitrogens with zero attached hydrogens (tertiary/aromatic N) is 1. The zero-order valence-electron chi connectivity index (χ0n) is 13.6. The van der Waals surface area contributed by atoms with Gasteiger partial charge in [-0.1, -0.05) is 18.9 Å². The normalized spacial score (nSPS) is 32.8. The minimum Gasteiger partial charge on any atom is -0.497 e. The zero-order valence-corrected chi connectivity index (χ0v) is 15.3. The summed E-state index contributed by atoms with van der Waals surface area (Å²) in [5.74, 6) is 1.91. The van der Waals surface area contributed by atoms with Crippen LogP contribution < -0.4 is 4.74 Å². The second-order valence-electron chi connectivity index (χ2n) is 7.03. The van der Waals surface area contributed by atoms with Crippen molar-refractivity contribution in [1.29, 1.82) is 0 Å². The molecule has 4 heteroatoms. The van der Waals surface area contributed by atoms with E-state index in [1.807, 2.05) is 0 Å². The van der Waals surface area contributed by atoms with Crippen molar-refractivity contribution in [2.24, 2.45) is 5.92 Å². The Balaban J connectivity index is 0.000000882. The lowest BCUT2D eigenvalue weighted by atomic mass is 9.52. The van der Waals surface area contributed by atoms with E-state index < -0.39 is 0 Å². The van der Waals surface area contributed by atoms with E-state index >= 15 is 0 Å². The lowest BCUT2D eigenvalue weighted by molar-refractivity contribution is 0.00274. The number of halogens is 1. The van der Waals surface area contributed by atoms with Crippen LogP contribution in [-0.4, -0.2) is 37.1 Å². The Morgan fingerprint density at radius 1 is 1.23 bits per heavy atom. The van der Waals surface area contributed by atoms with Gasteiger partial charge in [-0.3, -0.25) is 0 Å². The minimum absolute atomic E-state index is 0. The van der Waals surface area contributed by atoms with E-state index in [2.05, 4.69) is 30.1 Å². The molecule has 0 amide bonds. The van der Waals surface area contributed by atoms with Gasteiger partial charge in [0.1, 0.15) is 5.75 Å². The molecule has 0 aromatic heterocycles. The second kappa shape index (κ2) is 6.50. The summed E-state index contributed by atoms with van der Waals surface area (Å²) in [5.41, 5.74) is 3.67. The SMILES string of the molecule is Br.COc1ccc2c(c1)[C@@]13CCCC[C@H]1[C@@H](C2)N(C)CC3.O. The minimum atomic E-state index is 0. The number of fused-ring (bicyclic) bond motifs is 1. The van der Waals surface area contributed by atoms with E-state index in [9.17, 15) is 0 Å². The molecule has 0 radical (unpaired) electrons. The summed E-state index contributed by atoms with van der Waals surface area (Å²) in [5, 5.41) is 0. The first kappa shape index (κ1) is 17.8. The molecule has 3 aliphatic rings. The van der Waals surface area contributed by atoms with Crippen LogP contribution in [0.25, 0.3) is 0 Å². The molecule has 2 fully saturated rings. The van der Waals surface area contributed by atoms with Gasteiger partial charge in [0.15, 0.2) is 0 Å². The number of benzene rings is 1. The van der Waals surface area contributed by atoms with Crippen LogP contribution in [0.4, 0.5) is 0 Å². The Kier molecular flexibility index (Phi) is 5.25. The number of hydrogen-bond acceptors (Lipinski definition) is 2. The van der Waals surface area contributed by atoms with Crippen molar-refractivity contribution < 1.29 is 10.2 Å². The number of rotatable bonds is 1. The van der Waals surface area contributed by atoms with Crippen molar-refractivity contribution >= 4 is 17.0 Å². The third-order valence-electron chi connectivity index (χ3n) is 6.32. The van der Waals surface area contributed by atoms with Crippen molar-refractivity contribution in [2.75, 3.05) is 20.7 Å². The van der Waals surface area contributed by atoms with Crippen LogP contribution in [0.1, 0.15) is 43.2 Å². The number of hydrogen-bond donors (Lipinski definition) is 0. The first-order valence-corrected chi connectivity index (χ1v) is 8.12. The second-order valence-corrected chi connectivity index (χ2v) is 7.03. The van der Waals surface area contributed by atoms with Crippen molar-refractivity contribution in [3.05, 3.63) is 29.3 Å². The van der Waals surface area contributed by atoms with E-state index in [0.717, 1.165) is 17.7 Å². The van der Waals surface area contributed by atoms with E-state index in [1.54, 1.807) is 18.2 Å². The molecule has 1 aromatic rings. The first-order chi connectivity index (χ1) is 9.74. The molecule has 1 saturated heterocycles. The molecule has 2 aliphatic carbocycles. The van der Waals surface area contributed by atoms with Gasteiger partial charge in [0.2, 0.25) is 0 Å². The van der Waals surface area contributed by atoms with E-state index in [-0.39, 0.29) is 22.5 Å². The molecule has 3 nitrogen and oxygen atoms in total. The highest BCUT2D eigenvalue weighted by molar-refractivity contribution is 8.93. The highest BCUT2D eigenvalue weighted by Gasteiger charge is 2.53. The van der Waals surface area contributed by atoms with E-state index in [1.165, 1.54) is 45.1 Å². The number of likely N-dealkylation sites (tertiary alicyclic amines) is 1. The largest absolute Gasteiger partial charge is 0.497 e. The lowest BCUT2D eigenvalue weighted by Crippen LogP contribution is -2.59.